The first-order valence-corrected chi connectivity index (χ1v) is 7.62. The molecule has 0 aliphatic carbocycles. The highest BCUT2D eigenvalue weighted by Gasteiger charge is 2.09. The molecule has 1 heterocycles. The van der Waals surface area contributed by atoms with Gasteiger partial charge in [-0.05, 0) is 6.07 Å². The molecule has 0 fully saturated rings. The lowest BCUT2D eigenvalue weighted by Gasteiger charge is -1.99. The number of aliphatic hydroxyl groups excluding tert-OH is 1. The largest absolute Gasteiger partial charge is 0.395 e. The fourth-order valence-corrected chi connectivity index (χ4v) is 2.57. The van der Waals surface area contributed by atoms with Gasteiger partial charge in [0.05, 0.1) is 12.7 Å². The Bertz CT molecular complexity index is 588. The quantitative estimate of drug-likeness (QED) is 0.767. The fourth-order valence-electron chi connectivity index (χ4n) is 1.08. The van der Waals surface area contributed by atoms with Gasteiger partial charge in [-0.15, -0.1) is 11.3 Å². The first kappa shape index (κ1) is 14.7. The van der Waals surface area contributed by atoms with Crippen molar-refractivity contribution in [1.29, 1.82) is 5.26 Å². The molecule has 1 aromatic rings. The van der Waals surface area contributed by atoms with Crippen LogP contribution < -0.4 is 4.72 Å². The van der Waals surface area contributed by atoms with E-state index in [9.17, 15) is 8.42 Å². The summed E-state index contributed by atoms with van der Waals surface area (Å²) in [5, 5.41) is 18.7. The number of sulfonamides is 1. The number of rotatable bonds is 5. The highest BCUT2D eigenvalue weighted by Crippen LogP contribution is 2.13. The minimum atomic E-state index is -3.52. The van der Waals surface area contributed by atoms with E-state index in [0.29, 0.717) is 6.42 Å². The van der Waals surface area contributed by atoms with E-state index in [1.807, 2.05) is 5.38 Å². The molecule has 96 valence electrons. The molecule has 0 unspecified atom stereocenters. The Labute approximate surface area is 110 Å². The van der Waals surface area contributed by atoms with Gasteiger partial charge in [-0.3, -0.25) is 0 Å². The predicted octanol–water partition coefficient (Wildman–Crippen LogP) is 0.425. The summed E-state index contributed by atoms with van der Waals surface area (Å²) in [6, 6.07) is 3.37. The number of hydrogen-bond acceptors (Lipinski definition) is 5. The summed E-state index contributed by atoms with van der Waals surface area (Å²) in [6.07, 6.45) is 0.417. The van der Waals surface area contributed by atoms with Crippen LogP contribution in [0.15, 0.2) is 11.4 Å². The molecule has 0 aliphatic heterocycles. The molecule has 0 spiro atoms. The van der Waals surface area contributed by atoms with Crippen molar-refractivity contribution in [3.8, 4) is 17.9 Å². The molecular weight excluding hydrogens is 272 g/mol. The molecule has 0 aliphatic rings. The highest BCUT2D eigenvalue weighted by molar-refractivity contribution is 7.89. The number of nitriles is 1. The van der Waals surface area contributed by atoms with Gasteiger partial charge in [-0.2, -0.15) is 5.26 Å². The number of aliphatic hydroxyl groups is 1. The van der Waals surface area contributed by atoms with Crippen LogP contribution in [-0.4, -0.2) is 25.9 Å². The van der Waals surface area contributed by atoms with Crippen LogP contribution in [0.2, 0.25) is 0 Å². The molecule has 0 atom stereocenters. The monoisotopic (exact) mass is 284 g/mol. The van der Waals surface area contributed by atoms with E-state index in [0.717, 1.165) is 10.4 Å². The van der Waals surface area contributed by atoms with Crippen molar-refractivity contribution in [2.45, 2.75) is 13.0 Å². The van der Waals surface area contributed by atoms with E-state index >= 15 is 0 Å². The van der Waals surface area contributed by atoms with Gasteiger partial charge < -0.3 is 5.11 Å². The Morgan fingerprint density at radius 2 is 2.28 bits per heavy atom. The molecule has 7 heteroatoms. The topological polar surface area (TPSA) is 90.2 Å². The fraction of sp³-hybridized carbons (Fsp3) is 0.364. The van der Waals surface area contributed by atoms with E-state index < -0.39 is 15.8 Å². The van der Waals surface area contributed by atoms with Crippen molar-refractivity contribution in [2.24, 2.45) is 0 Å². The van der Waals surface area contributed by atoms with Gasteiger partial charge >= 0.3 is 0 Å². The Morgan fingerprint density at radius 3 is 2.94 bits per heavy atom. The summed E-state index contributed by atoms with van der Waals surface area (Å²) in [5.74, 6) is 5.10. The molecule has 2 N–H and O–H groups in total. The van der Waals surface area contributed by atoms with Gasteiger partial charge in [0, 0.05) is 28.8 Å². The Balaban J connectivity index is 2.56. The molecule has 1 aromatic heterocycles. The third kappa shape index (κ3) is 5.30. The summed E-state index contributed by atoms with van der Waals surface area (Å²) in [5.41, 5.74) is 0.794. The lowest BCUT2D eigenvalue weighted by Crippen LogP contribution is -2.24. The van der Waals surface area contributed by atoms with E-state index in [2.05, 4.69) is 16.6 Å². The van der Waals surface area contributed by atoms with Crippen LogP contribution >= 0.6 is 11.3 Å². The minimum absolute atomic E-state index is 0.0257. The first-order chi connectivity index (χ1) is 8.57. The predicted molar refractivity (Wildman–Crippen MR) is 69.1 cm³/mol. The van der Waals surface area contributed by atoms with E-state index in [1.165, 1.54) is 11.3 Å². The van der Waals surface area contributed by atoms with Crippen LogP contribution in [0.3, 0.4) is 0 Å². The second kappa shape index (κ2) is 7.14. The smallest absolute Gasteiger partial charge is 0.225 e. The number of hydrogen-bond donors (Lipinski definition) is 2. The van der Waals surface area contributed by atoms with Crippen molar-refractivity contribution < 1.29 is 13.5 Å². The highest BCUT2D eigenvalue weighted by atomic mass is 32.2. The summed E-state index contributed by atoms with van der Waals surface area (Å²) in [6.45, 7) is 0.189. The van der Waals surface area contributed by atoms with E-state index in [-0.39, 0.29) is 13.2 Å². The minimum Gasteiger partial charge on any atom is -0.395 e. The average Bonchev–Trinajstić information content (AvgIpc) is 2.75. The van der Waals surface area contributed by atoms with Crippen LogP contribution in [0.4, 0.5) is 0 Å². The molecular formula is C11H12N2O3S2. The zero-order valence-electron chi connectivity index (χ0n) is 9.51. The molecule has 0 aromatic carbocycles. The van der Waals surface area contributed by atoms with Gasteiger partial charge in [0.1, 0.15) is 0 Å². The zero-order valence-corrected chi connectivity index (χ0v) is 11.1. The van der Waals surface area contributed by atoms with Gasteiger partial charge in [-0.1, -0.05) is 11.8 Å². The van der Waals surface area contributed by atoms with E-state index in [1.54, 1.807) is 12.1 Å². The molecule has 0 saturated heterocycles. The first-order valence-electron chi connectivity index (χ1n) is 5.09. The molecule has 0 radical (unpaired) electrons. The normalized spacial score (nSPS) is 10.4. The molecule has 5 nitrogen and oxygen atoms in total. The zero-order chi connectivity index (χ0) is 13.4. The Kier molecular flexibility index (Phi) is 5.83. The number of thiophene rings is 1. The van der Waals surface area contributed by atoms with Crippen molar-refractivity contribution >= 4 is 21.4 Å². The number of nitrogens with zero attached hydrogens (tertiary/aromatic N) is 1. The van der Waals surface area contributed by atoms with Gasteiger partial charge in [-0.25, -0.2) is 13.1 Å². The van der Waals surface area contributed by atoms with Crippen LogP contribution in [-0.2, 0) is 16.6 Å². The standard InChI is InChI=1S/C11H12N2O3S2/c12-4-6-18(15,16)13-8-11-7-10(9-17-11)3-1-2-5-14/h7,9,13-14H,2,5-6,8H2. The van der Waals surface area contributed by atoms with Gasteiger partial charge in [0.15, 0.2) is 5.75 Å². The lowest BCUT2D eigenvalue weighted by atomic mass is 10.3. The summed E-state index contributed by atoms with van der Waals surface area (Å²) in [7, 11) is -3.52. The number of nitrogens with one attached hydrogen (secondary N) is 1. The maximum Gasteiger partial charge on any atom is 0.225 e. The summed E-state index contributed by atoms with van der Waals surface area (Å²) >= 11 is 1.39. The average molecular weight is 284 g/mol. The molecule has 1 rings (SSSR count). The Morgan fingerprint density at radius 1 is 1.50 bits per heavy atom. The van der Waals surface area contributed by atoms with Crippen molar-refractivity contribution in [2.75, 3.05) is 12.4 Å². The van der Waals surface area contributed by atoms with Crippen molar-refractivity contribution in [3.63, 3.8) is 0 Å². The third-order valence-corrected chi connectivity index (χ3v) is 3.87. The lowest BCUT2D eigenvalue weighted by molar-refractivity contribution is 0.305. The van der Waals surface area contributed by atoms with E-state index in [4.69, 9.17) is 10.4 Å². The van der Waals surface area contributed by atoms with Crippen LogP contribution in [0, 0.1) is 23.2 Å². The molecule has 0 saturated carbocycles. The summed E-state index contributed by atoms with van der Waals surface area (Å²) in [4.78, 5) is 0.824. The van der Waals surface area contributed by atoms with Gasteiger partial charge in [0.25, 0.3) is 0 Å². The van der Waals surface area contributed by atoms with Crippen LogP contribution in [0.1, 0.15) is 16.9 Å². The van der Waals surface area contributed by atoms with Crippen LogP contribution in [0.5, 0.6) is 0 Å². The van der Waals surface area contributed by atoms with Crippen molar-refractivity contribution in [3.05, 3.63) is 21.9 Å². The molecule has 0 amide bonds. The molecule has 0 bridgehead atoms. The van der Waals surface area contributed by atoms with Gasteiger partial charge in [0.2, 0.25) is 10.0 Å². The third-order valence-electron chi connectivity index (χ3n) is 1.84. The SMILES string of the molecule is N#CCS(=O)(=O)NCc1cc(C#CCCO)cs1. The second-order valence-electron chi connectivity index (χ2n) is 3.32. The maximum absolute atomic E-state index is 11.2. The Hall–Kier alpha value is -1.38. The molecule has 18 heavy (non-hydrogen) atoms. The van der Waals surface area contributed by atoms with Crippen LogP contribution in [0.25, 0.3) is 0 Å². The summed E-state index contributed by atoms with van der Waals surface area (Å²) < 4.78 is 24.8. The maximum atomic E-state index is 11.2. The van der Waals surface area contributed by atoms with Crippen molar-refractivity contribution in [1.82, 2.24) is 4.72 Å². The second-order valence-corrected chi connectivity index (χ2v) is 6.12.